The molecule has 0 amide bonds. The Bertz CT molecular complexity index is 1310. The molecular weight excluding hydrogens is 609 g/mol. The molecule has 0 spiro atoms. The minimum Gasteiger partial charge on any atom is -0.512 e. The number of Topliss-reactive ketones (excluding diaryl/α,β-unsaturated/α-hetero) is 1. The summed E-state index contributed by atoms with van der Waals surface area (Å²) in [5.41, 5.74) is 0.895. The summed E-state index contributed by atoms with van der Waals surface area (Å²) in [5, 5.41) is 11.6. The summed E-state index contributed by atoms with van der Waals surface area (Å²) in [6.45, 7) is 4.52. The van der Waals surface area contributed by atoms with Gasteiger partial charge in [-0.1, -0.05) is 36.4 Å². The Morgan fingerprint density at radius 2 is 1.64 bits per heavy atom. The molecule has 0 aliphatic rings. The summed E-state index contributed by atoms with van der Waals surface area (Å²) in [7, 11) is 0. The Kier molecular flexibility index (Phi) is 8.47. The smallest absolute Gasteiger partial charge is 0.381 e. The van der Waals surface area contributed by atoms with E-state index in [1.807, 2.05) is 36.4 Å². The molecule has 4 rings (SSSR count). The van der Waals surface area contributed by atoms with E-state index in [2.05, 4.69) is 16.0 Å². The van der Waals surface area contributed by atoms with Gasteiger partial charge in [-0.05, 0) is 31.7 Å². The second-order valence-electron chi connectivity index (χ2n) is 7.17. The number of aliphatic hydroxyl groups excluding tert-OH is 1. The molecule has 0 aliphatic carbocycles. The molecule has 1 N–H and O–H groups in total. The van der Waals surface area contributed by atoms with Crippen LogP contribution < -0.4 is 0 Å². The van der Waals surface area contributed by atoms with Crippen molar-refractivity contribution >= 4 is 27.5 Å². The number of halogens is 3. The number of alkyl halides is 3. The van der Waals surface area contributed by atoms with E-state index in [9.17, 15) is 18.0 Å². The van der Waals surface area contributed by atoms with Crippen molar-refractivity contribution in [3.05, 3.63) is 83.8 Å². The molecule has 0 unspecified atom stereocenters. The molecule has 1 radical (unpaired) electrons. The van der Waals surface area contributed by atoms with Gasteiger partial charge in [-0.3, -0.25) is 14.8 Å². The van der Waals surface area contributed by atoms with E-state index in [1.165, 1.54) is 19.9 Å². The van der Waals surface area contributed by atoms with Gasteiger partial charge in [0.05, 0.1) is 17.1 Å². The Morgan fingerprint density at radius 1 is 0.970 bits per heavy atom. The summed E-state index contributed by atoms with van der Waals surface area (Å²) >= 11 is 0. The van der Waals surface area contributed by atoms with Crippen LogP contribution in [0.25, 0.3) is 33.1 Å². The van der Waals surface area contributed by atoms with Gasteiger partial charge < -0.3 is 5.11 Å². The summed E-state index contributed by atoms with van der Waals surface area (Å²) in [5.74, 6) is 0.384. The first-order valence-corrected chi connectivity index (χ1v) is 9.69. The predicted octanol–water partition coefficient (Wildman–Crippen LogP) is 6.69. The Morgan fingerprint density at radius 3 is 2.18 bits per heavy atom. The quantitative estimate of drug-likeness (QED) is 0.116. The molecule has 0 saturated heterocycles. The van der Waals surface area contributed by atoms with Crippen LogP contribution in [0.2, 0.25) is 0 Å². The van der Waals surface area contributed by atoms with Crippen LogP contribution in [0.15, 0.2) is 72.1 Å². The maximum absolute atomic E-state index is 12.7. The van der Waals surface area contributed by atoms with Crippen LogP contribution in [0.5, 0.6) is 0 Å². The predicted molar refractivity (Wildman–Crippen MR) is 118 cm³/mol. The number of carbonyl (C=O) groups is 1. The summed E-state index contributed by atoms with van der Waals surface area (Å²) < 4.78 is 38.0. The van der Waals surface area contributed by atoms with E-state index in [-0.39, 0.29) is 31.6 Å². The number of hydrogen-bond donors (Lipinski definition) is 1. The number of rotatable bonds is 2. The van der Waals surface area contributed by atoms with Gasteiger partial charge in [0.25, 0.3) is 0 Å². The van der Waals surface area contributed by atoms with Gasteiger partial charge in [-0.15, -0.1) is 29.8 Å². The third kappa shape index (κ3) is 6.24. The first-order chi connectivity index (χ1) is 15.1. The fraction of sp³-hybridized carbons (Fsp3) is 0.160. The number of aromatic nitrogens is 2. The number of benzene rings is 3. The van der Waals surface area contributed by atoms with Crippen molar-refractivity contribution in [1.29, 1.82) is 0 Å². The van der Waals surface area contributed by atoms with Gasteiger partial charge in [0.2, 0.25) is 0 Å². The average Bonchev–Trinajstić information content (AvgIpc) is 2.78. The van der Waals surface area contributed by atoms with Crippen molar-refractivity contribution in [2.24, 2.45) is 0 Å². The fourth-order valence-corrected chi connectivity index (χ4v) is 2.89. The molecule has 1 heterocycles. The zero-order valence-electron chi connectivity index (χ0n) is 18.0. The minimum atomic E-state index is -4.38. The largest absolute Gasteiger partial charge is 0.512 e. The van der Waals surface area contributed by atoms with Crippen molar-refractivity contribution in [2.45, 2.75) is 26.9 Å². The monoisotopic (exact) mass is 630 g/mol. The maximum atomic E-state index is 12.7. The number of aliphatic hydroxyl groups is 1. The van der Waals surface area contributed by atoms with Crippen LogP contribution in [-0.4, -0.2) is 20.9 Å². The molecule has 0 fully saturated rings. The van der Waals surface area contributed by atoms with Gasteiger partial charge in [0.15, 0.2) is 5.78 Å². The molecule has 0 bridgehead atoms. The Hall–Kier alpha value is -3.09. The zero-order chi connectivity index (χ0) is 23.5. The van der Waals surface area contributed by atoms with Crippen LogP contribution in [0.4, 0.5) is 13.2 Å². The molecule has 0 aliphatic heterocycles. The number of allylic oxidation sites excluding steroid dienone is 2. The molecule has 173 valence electrons. The van der Waals surface area contributed by atoms with Gasteiger partial charge in [-0.25, -0.2) is 0 Å². The second kappa shape index (κ2) is 10.7. The topological polar surface area (TPSA) is 63.1 Å². The van der Waals surface area contributed by atoms with Gasteiger partial charge in [-0.2, -0.15) is 13.2 Å². The van der Waals surface area contributed by atoms with Crippen molar-refractivity contribution in [3.63, 3.8) is 0 Å². The molecular formula is C25H20F3IrN2O2-. The number of fused-ring (bicyclic) bond motifs is 3. The third-order valence-electron chi connectivity index (χ3n) is 4.93. The van der Waals surface area contributed by atoms with Crippen LogP contribution in [0, 0.1) is 6.07 Å². The molecule has 1 aromatic heterocycles. The van der Waals surface area contributed by atoms with Gasteiger partial charge in [0.1, 0.15) is 0 Å². The molecule has 8 heteroatoms. The van der Waals surface area contributed by atoms with Crippen molar-refractivity contribution in [3.8, 4) is 11.4 Å². The van der Waals surface area contributed by atoms with E-state index in [0.29, 0.717) is 17.0 Å². The van der Waals surface area contributed by atoms with Crippen LogP contribution in [0.3, 0.4) is 0 Å². The normalized spacial score (nSPS) is 11.8. The first-order valence-electron chi connectivity index (χ1n) is 9.69. The van der Waals surface area contributed by atoms with Crippen LogP contribution >= 0.6 is 0 Å². The van der Waals surface area contributed by atoms with E-state index in [0.717, 1.165) is 33.8 Å². The Balaban J connectivity index is 0.000000372. The number of ketones is 1. The first kappa shape index (κ1) is 26.2. The third-order valence-corrected chi connectivity index (χ3v) is 4.93. The van der Waals surface area contributed by atoms with Crippen LogP contribution in [0.1, 0.15) is 26.3 Å². The molecule has 4 aromatic rings. The summed E-state index contributed by atoms with van der Waals surface area (Å²) in [6, 6.07) is 17.6. The maximum Gasteiger partial charge on any atom is 0.381 e. The number of nitrogens with zero attached hydrogens (tertiary/aromatic N) is 2. The van der Waals surface area contributed by atoms with Gasteiger partial charge in [0, 0.05) is 42.6 Å². The summed E-state index contributed by atoms with van der Waals surface area (Å²) in [6.07, 6.45) is -2.70. The second-order valence-corrected chi connectivity index (χ2v) is 7.17. The van der Waals surface area contributed by atoms with Crippen LogP contribution in [-0.2, 0) is 31.1 Å². The van der Waals surface area contributed by atoms with Crippen molar-refractivity contribution in [2.75, 3.05) is 0 Å². The van der Waals surface area contributed by atoms with E-state index in [4.69, 9.17) is 5.11 Å². The van der Waals surface area contributed by atoms with Crippen molar-refractivity contribution in [1.82, 2.24) is 9.97 Å². The SMILES string of the molecule is CC(=O)/C(C)=C(/C)O.FC(F)(F)c1c[c-]c(-c2ncc3ccc4ccccc4c3n2)cc1.[Ir]. The zero-order valence-corrected chi connectivity index (χ0v) is 20.4. The molecule has 4 nitrogen and oxygen atoms in total. The molecule has 0 atom stereocenters. The standard InChI is InChI=1S/C19H10F3N2.C6H10O2.Ir/c20-19(21,22)15-9-7-13(8-10-15)18-23-11-14-6-5-12-3-1-2-4-16(12)17(14)24-18;1-4(5(2)7)6(3)8;/h1-7,9-11H;7H,1-3H3;/q-1;;/b;5-4-;. The van der Waals surface area contributed by atoms with E-state index in [1.54, 1.807) is 13.1 Å². The molecule has 33 heavy (non-hydrogen) atoms. The molecule has 3 aromatic carbocycles. The average molecular weight is 630 g/mol. The number of hydrogen-bond acceptors (Lipinski definition) is 4. The van der Waals surface area contributed by atoms with E-state index >= 15 is 0 Å². The number of carbonyl (C=O) groups excluding carboxylic acids is 1. The molecule has 0 saturated carbocycles. The minimum absolute atomic E-state index is 0. The van der Waals surface area contributed by atoms with Crippen molar-refractivity contribution < 1.29 is 43.2 Å². The fourth-order valence-electron chi connectivity index (χ4n) is 2.89. The summed E-state index contributed by atoms with van der Waals surface area (Å²) in [4.78, 5) is 19.2. The van der Waals surface area contributed by atoms with Gasteiger partial charge >= 0.3 is 6.18 Å². The Labute approximate surface area is 202 Å². The van der Waals surface area contributed by atoms with E-state index < -0.39 is 11.7 Å².